The number of nitrogens with one attached hydrogen (secondary N) is 1. The van der Waals surface area contributed by atoms with Crippen molar-refractivity contribution in [2.24, 2.45) is 0 Å². The smallest absolute Gasteiger partial charge is 0.253 e. The number of aromatic nitrogens is 2. The van der Waals surface area contributed by atoms with E-state index in [1.165, 1.54) is 0 Å². The Balaban J connectivity index is 2.01. The number of hydrogen-bond donors (Lipinski definition) is 1. The second-order valence-electron chi connectivity index (χ2n) is 4.96. The topological polar surface area (TPSA) is 46.9 Å². The fourth-order valence-electron chi connectivity index (χ4n) is 2.11. The molecule has 4 nitrogen and oxygen atoms in total. The molecule has 0 spiro atoms. The molecule has 2 aromatic rings. The Hall–Kier alpha value is -1.81. The van der Waals surface area contributed by atoms with Gasteiger partial charge in [0.25, 0.3) is 5.91 Å². The largest absolute Gasteiger partial charge is 0.348 e. The Kier molecular flexibility index (Phi) is 4.45. The van der Waals surface area contributed by atoms with Crippen LogP contribution in [0.5, 0.6) is 0 Å². The first kappa shape index (κ1) is 14.6. The minimum Gasteiger partial charge on any atom is -0.348 e. The van der Waals surface area contributed by atoms with Crippen LogP contribution in [0.25, 0.3) is 0 Å². The molecule has 0 unspecified atom stereocenters. The van der Waals surface area contributed by atoms with Crippen LogP contribution in [0, 0.1) is 13.8 Å². The molecule has 0 aliphatic rings. The van der Waals surface area contributed by atoms with Gasteiger partial charge in [0.2, 0.25) is 0 Å². The fourth-order valence-corrected chi connectivity index (χ4v) is 2.33. The summed E-state index contributed by atoms with van der Waals surface area (Å²) in [7, 11) is 0. The lowest BCUT2D eigenvalue weighted by atomic mass is 10.2. The maximum Gasteiger partial charge on any atom is 0.253 e. The minimum atomic E-state index is -0.162. The molecule has 0 aliphatic carbocycles. The lowest BCUT2D eigenvalue weighted by Crippen LogP contribution is -2.36. The van der Waals surface area contributed by atoms with Gasteiger partial charge < -0.3 is 5.32 Å². The van der Waals surface area contributed by atoms with Crippen molar-refractivity contribution >= 4 is 17.5 Å². The summed E-state index contributed by atoms with van der Waals surface area (Å²) < 4.78 is 1.90. The number of carbonyl (C=O) groups excluding carboxylic acids is 1. The third kappa shape index (κ3) is 3.39. The molecule has 20 heavy (non-hydrogen) atoms. The Morgan fingerprint density at radius 1 is 1.40 bits per heavy atom. The van der Waals surface area contributed by atoms with Crippen molar-refractivity contribution in [3.63, 3.8) is 0 Å². The minimum absolute atomic E-state index is 0.0308. The van der Waals surface area contributed by atoms with Gasteiger partial charge in [-0.2, -0.15) is 5.10 Å². The summed E-state index contributed by atoms with van der Waals surface area (Å²) in [5, 5.41) is 7.79. The Morgan fingerprint density at radius 2 is 2.10 bits per heavy atom. The van der Waals surface area contributed by atoms with E-state index in [0.717, 1.165) is 11.4 Å². The third-order valence-corrected chi connectivity index (χ3v) is 3.38. The molecule has 0 saturated carbocycles. The predicted molar refractivity (Wildman–Crippen MR) is 80.1 cm³/mol. The summed E-state index contributed by atoms with van der Waals surface area (Å²) in [6, 6.07) is 9.01. The number of nitrogens with zero attached hydrogens (tertiary/aromatic N) is 2. The van der Waals surface area contributed by atoms with E-state index in [9.17, 15) is 4.79 Å². The highest BCUT2D eigenvalue weighted by Gasteiger charge is 2.13. The first-order valence-corrected chi connectivity index (χ1v) is 6.91. The Bertz CT molecular complexity index is 621. The molecule has 2 rings (SSSR count). The van der Waals surface area contributed by atoms with Gasteiger partial charge >= 0.3 is 0 Å². The van der Waals surface area contributed by atoms with Crippen molar-refractivity contribution in [1.29, 1.82) is 0 Å². The van der Waals surface area contributed by atoms with Crippen LogP contribution in [0.3, 0.4) is 0 Å². The zero-order valence-electron chi connectivity index (χ0n) is 11.9. The van der Waals surface area contributed by atoms with Crippen LogP contribution in [-0.4, -0.2) is 21.7 Å². The van der Waals surface area contributed by atoms with Gasteiger partial charge in [-0.15, -0.1) is 0 Å². The van der Waals surface area contributed by atoms with E-state index in [1.807, 2.05) is 31.5 Å². The number of rotatable bonds is 4. The van der Waals surface area contributed by atoms with Gasteiger partial charge in [0.15, 0.2) is 0 Å². The number of amides is 1. The SMILES string of the molecule is Cc1cc(C)n(C[C@@H](C)NC(=O)c2ccccc2Cl)n1. The first-order valence-electron chi connectivity index (χ1n) is 6.54. The quantitative estimate of drug-likeness (QED) is 0.941. The van der Waals surface area contributed by atoms with E-state index in [-0.39, 0.29) is 11.9 Å². The fraction of sp³-hybridized carbons (Fsp3) is 0.333. The second-order valence-corrected chi connectivity index (χ2v) is 5.37. The van der Waals surface area contributed by atoms with Crippen molar-refractivity contribution < 1.29 is 4.79 Å². The van der Waals surface area contributed by atoms with E-state index >= 15 is 0 Å². The van der Waals surface area contributed by atoms with Crippen molar-refractivity contribution in [1.82, 2.24) is 15.1 Å². The number of aryl methyl sites for hydroxylation is 2. The number of halogens is 1. The molecule has 1 amide bonds. The molecule has 0 radical (unpaired) electrons. The predicted octanol–water partition coefficient (Wildman–Crippen LogP) is 2.97. The Labute approximate surface area is 123 Å². The van der Waals surface area contributed by atoms with Gasteiger partial charge in [-0.25, -0.2) is 0 Å². The van der Waals surface area contributed by atoms with Gasteiger partial charge in [0.1, 0.15) is 0 Å². The van der Waals surface area contributed by atoms with Gasteiger partial charge in [-0.1, -0.05) is 23.7 Å². The molecule has 1 aromatic heterocycles. The molecule has 1 N–H and O–H groups in total. The molecule has 1 heterocycles. The van der Waals surface area contributed by atoms with Crippen molar-refractivity contribution in [2.75, 3.05) is 0 Å². The third-order valence-electron chi connectivity index (χ3n) is 3.05. The molecule has 0 fully saturated rings. The van der Waals surface area contributed by atoms with Gasteiger partial charge in [-0.3, -0.25) is 9.48 Å². The van der Waals surface area contributed by atoms with Crippen LogP contribution in [0.15, 0.2) is 30.3 Å². The highest BCUT2D eigenvalue weighted by atomic mass is 35.5. The normalized spacial score (nSPS) is 12.2. The number of carbonyl (C=O) groups is 1. The first-order chi connectivity index (χ1) is 9.47. The van der Waals surface area contributed by atoms with Crippen molar-refractivity contribution in [3.05, 3.63) is 52.3 Å². The highest BCUT2D eigenvalue weighted by molar-refractivity contribution is 6.33. The number of hydrogen-bond acceptors (Lipinski definition) is 2. The highest BCUT2D eigenvalue weighted by Crippen LogP contribution is 2.14. The molecular formula is C15H18ClN3O. The summed E-state index contributed by atoms with van der Waals surface area (Å²) in [6.07, 6.45) is 0. The lowest BCUT2D eigenvalue weighted by molar-refractivity contribution is 0.0936. The molecule has 1 aromatic carbocycles. The maximum atomic E-state index is 12.1. The van der Waals surface area contributed by atoms with Crippen LogP contribution >= 0.6 is 11.6 Å². The van der Waals surface area contributed by atoms with Crippen LogP contribution < -0.4 is 5.32 Å². The molecule has 106 valence electrons. The standard InChI is InChI=1S/C15H18ClN3O/c1-10-8-12(3)19(18-10)9-11(2)17-15(20)13-6-4-5-7-14(13)16/h4-8,11H,9H2,1-3H3,(H,17,20)/t11-/m1/s1. The zero-order chi connectivity index (χ0) is 14.7. The molecule has 5 heteroatoms. The monoisotopic (exact) mass is 291 g/mol. The van der Waals surface area contributed by atoms with E-state index in [1.54, 1.807) is 24.3 Å². The summed E-state index contributed by atoms with van der Waals surface area (Å²) in [5.41, 5.74) is 2.56. The number of benzene rings is 1. The zero-order valence-corrected chi connectivity index (χ0v) is 12.6. The summed E-state index contributed by atoms with van der Waals surface area (Å²) in [6.45, 7) is 6.54. The maximum absolute atomic E-state index is 12.1. The molecule has 0 bridgehead atoms. The van der Waals surface area contributed by atoms with Crippen molar-refractivity contribution in [3.8, 4) is 0 Å². The average molecular weight is 292 g/mol. The summed E-state index contributed by atoms with van der Waals surface area (Å²) >= 11 is 6.01. The Morgan fingerprint density at radius 3 is 2.70 bits per heavy atom. The molecular weight excluding hydrogens is 274 g/mol. The van der Waals surface area contributed by atoms with Crippen LogP contribution in [0.4, 0.5) is 0 Å². The van der Waals surface area contributed by atoms with Crippen LogP contribution in [0.1, 0.15) is 28.7 Å². The van der Waals surface area contributed by atoms with Crippen LogP contribution in [-0.2, 0) is 6.54 Å². The van der Waals surface area contributed by atoms with Gasteiger partial charge in [0, 0.05) is 11.7 Å². The summed E-state index contributed by atoms with van der Waals surface area (Å²) in [4.78, 5) is 12.1. The average Bonchev–Trinajstić information content (AvgIpc) is 2.68. The van der Waals surface area contributed by atoms with E-state index in [0.29, 0.717) is 17.1 Å². The van der Waals surface area contributed by atoms with Crippen molar-refractivity contribution in [2.45, 2.75) is 33.4 Å². The molecule has 0 saturated heterocycles. The van der Waals surface area contributed by atoms with Gasteiger partial charge in [-0.05, 0) is 39.0 Å². The molecule has 0 aliphatic heterocycles. The summed E-state index contributed by atoms with van der Waals surface area (Å²) in [5.74, 6) is -0.162. The van der Waals surface area contributed by atoms with E-state index in [2.05, 4.69) is 10.4 Å². The second kappa shape index (κ2) is 6.09. The van der Waals surface area contributed by atoms with E-state index < -0.39 is 0 Å². The van der Waals surface area contributed by atoms with Crippen LogP contribution in [0.2, 0.25) is 5.02 Å². The molecule has 1 atom stereocenters. The lowest BCUT2D eigenvalue weighted by Gasteiger charge is -2.15. The van der Waals surface area contributed by atoms with E-state index in [4.69, 9.17) is 11.6 Å². The van der Waals surface area contributed by atoms with Gasteiger partial charge in [0.05, 0.1) is 22.8 Å².